The minimum absolute atomic E-state index is 0.203. The van der Waals surface area contributed by atoms with Crippen molar-refractivity contribution in [2.75, 3.05) is 39.8 Å². The van der Waals surface area contributed by atoms with Gasteiger partial charge in [0.1, 0.15) is 5.82 Å². The summed E-state index contributed by atoms with van der Waals surface area (Å²) in [6, 6.07) is 5.85. The smallest absolute Gasteiger partial charge is 0.176 e. The average molecular weight is 298 g/mol. The number of H-pyrrole nitrogens is 1. The fraction of sp³-hybridized carbons (Fsp3) is 0.529. The van der Waals surface area contributed by atoms with Gasteiger partial charge in [0.2, 0.25) is 0 Å². The highest BCUT2D eigenvalue weighted by molar-refractivity contribution is 6.00. The van der Waals surface area contributed by atoms with E-state index < -0.39 is 0 Å². The number of rotatable bonds is 4. The van der Waals surface area contributed by atoms with E-state index in [-0.39, 0.29) is 5.78 Å². The second-order valence-corrected chi connectivity index (χ2v) is 6.63. The van der Waals surface area contributed by atoms with Crippen molar-refractivity contribution in [1.82, 2.24) is 19.8 Å². The second-order valence-electron chi connectivity index (χ2n) is 6.63. The van der Waals surface area contributed by atoms with E-state index in [1.165, 1.54) is 12.8 Å². The van der Waals surface area contributed by atoms with Crippen LogP contribution in [0.4, 0.5) is 0 Å². The largest absolute Gasteiger partial charge is 0.342 e. The third kappa shape index (κ3) is 2.78. The molecule has 5 nitrogen and oxygen atoms in total. The van der Waals surface area contributed by atoms with E-state index in [0.29, 0.717) is 12.5 Å². The van der Waals surface area contributed by atoms with Crippen molar-refractivity contribution in [3.05, 3.63) is 29.6 Å². The van der Waals surface area contributed by atoms with Gasteiger partial charge in [-0.1, -0.05) is 0 Å². The van der Waals surface area contributed by atoms with Crippen molar-refractivity contribution in [2.24, 2.45) is 0 Å². The zero-order chi connectivity index (χ0) is 15.1. The Hall–Kier alpha value is -1.72. The Bertz CT molecular complexity index is 696. The lowest BCUT2D eigenvalue weighted by atomic mass is 10.1. The number of carbonyl (C=O) groups excluding carboxylic acids is 1. The van der Waals surface area contributed by atoms with E-state index in [0.717, 1.165) is 48.6 Å². The van der Waals surface area contributed by atoms with Crippen LogP contribution in [0.5, 0.6) is 0 Å². The molecular formula is C17H22N4O. The molecule has 116 valence electrons. The van der Waals surface area contributed by atoms with Gasteiger partial charge in [-0.15, -0.1) is 0 Å². The number of aromatic nitrogens is 2. The Morgan fingerprint density at radius 2 is 2.05 bits per heavy atom. The van der Waals surface area contributed by atoms with Crippen molar-refractivity contribution in [3.8, 4) is 0 Å². The SMILES string of the molecule is CN1CCN(CC(=O)c2ccc3nc(C4CC4)[nH]c3c2)CC1. The minimum Gasteiger partial charge on any atom is -0.342 e. The maximum atomic E-state index is 12.5. The molecule has 0 spiro atoms. The van der Waals surface area contributed by atoms with Gasteiger partial charge in [-0.3, -0.25) is 9.69 Å². The van der Waals surface area contributed by atoms with Gasteiger partial charge in [0.15, 0.2) is 5.78 Å². The number of carbonyl (C=O) groups is 1. The van der Waals surface area contributed by atoms with E-state index in [9.17, 15) is 4.79 Å². The number of aromatic amines is 1. The summed E-state index contributed by atoms with van der Waals surface area (Å²) in [5.74, 6) is 1.89. The van der Waals surface area contributed by atoms with Gasteiger partial charge < -0.3 is 9.88 Å². The molecule has 1 aliphatic heterocycles. The van der Waals surface area contributed by atoms with E-state index in [1.807, 2.05) is 18.2 Å². The topological polar surface area (TPSA) is 52.2 Å². The molecule has 1 saturated carbocycles. The Balaban J connectivity index is 1.49. The maximum absolute atomic E-state index is 12.5. The quantitative estimate of drug-likeness (QED) is 0.876. The predicted molar refractivity (Wildman–Crippen MR) is 86.3 cm³/mol. The van der Waals surface area contributed by atoms with Crippen LogP contribution in [0.15, 0.2) is 18.2 Å². The molecule has 22 heavy (non-hydrogen) atoms. The number of Topliss-reactive ketones (excluding diaryl/α,β-unsaturated/α-hetero) is 1. The van der Waals surface area contributed by atoms with Crippen molar-refractivity contribution >= 4 is 16.8 Å². The first-order valence-electron chi connectivity index (χ1n) is 8.13. The summed E-state index contributed by atoms with van der Waals surface area (Å²) < 4.78 is 0. The molecule has 0 amide bonds. The normalized spacial score (nSPS) is 20.6. The summed E-state index contributed by atoms with van der Waals surface area (Å²) in [6.07, 6.45) is 2.46. The van der Waals surface area contributed by atoms with Gasteiger partial charge in [0.25, 0.3) is 0 Å². The predicted octanol–water partition coefficient (Wildman–Crippen LogP) is 1.87. The van der Waals surface area contributed by atoms with Gasteiger partial charge in [-0.2, -0.15) is 0 Å². The Morgan fingerprint density at radius 3 is 2.77 bits per heavy atom. The summed E-state index contributed by atoms with van der Waals surface area (Å²) in [5.41, 5.74) is 2.75. The minimum atomic E-state index is 0.203. The zero-order valence-corrected chi connectivity index (χ0v) is 13.0. The average Bonchev–Trinajstić information content (AvgIpc) is 3.28. The Labute approximate surface area is 130 Å². The summed E-state index contributed by atoms with van der Waals surface area (Å²) in [5, 5.41) is 0. The molecule has 1 saturated heterocycles. The number of piperazine rings is 1. The number of nitrogens with one attached hydrogen (secondary N) is 1. The lowest BCUT2D eigenvalue weighted by Gasteiger charge is -2.31. The van der Waals surface area contributed by atoms with Crippen LogP contribution in [0, 0.1) is 0 Å². The number of benzene rings is 1. The van der Waals surface area contributed by atoms with Crippen LogP contribution in [0.2, 0.25) is 0 Å². The summed E-state index contributed by atoms with van der Waals surface area (Å²) in [7, 11) is 2.13. The van der Waals surface area contributed by atoms with Crippen LogP contribution in [0.3, 0.4) is 0 Å². The van der Waals surface area contributed by atoms with E-state index in [1.54, 1.807) is 0 Å². The molecule has 1 aromatic carbocycles. The number of hydrogen-bond acceptors (Lipinski definition) is 4. The summed E-state index contributed by atoms with van der Waals surface area (Å²) in [6.45, 7) is 4.54. The third-order valence-electron chi connectivity index (χ3n) is 4.75. The molecule has 2 fully saturated rings. The lowest BCUT2D eigenvalue weighted by Crippen LogP contribution is -2.46. The van der Waals surface area contributed by atoms with Gasteiger partial charge in [0.05, 0.1) is 17.6 Å². The van der Waals surface area contributed by atoms with Crippen molar-refractivity contribution in [3.63, 3.8) is 0 Å². The molecule has 0 atom stereocenters. The highest BCUT2D eigenvalue weighted by atomic mass is 16.1. The number of imidazole rings is 1. The molecular weight excluding hydrogens is 276 g/mol. The molecule has 1 aliphatic carbocycles. The van der Waals surface area contributed by atoms with Gasteiger partial charge in [0, 0.05) is 37.7 Å². The van der Waals surface area contributed by atoms with Gasteiger partial charge in [-0.05, 0) is 38.1 Å². The van der Waals surface area contributed by atoms with Crippen LogP contribution < -0.4 is 0 Å². The molecule has 2 heterocycles. The van der Waals surface area contributed by atoms with Crippen molar-refractivity contribution in [1.29, 1.82) is 0 Å². The first-order chi connectivity index (χ1) is 10.7. The van der Waals surface area contributed by atoms with Crippen LogP contribution in [-0.2, 0) is 0 Å². The number of nitrogens with zero attached hydrogens (tertiary/aromatic N) is 3. The highest BCUT2D eigenvalue weighted by Gasteiger charge is 2.27. The molecule has 1 N–H and O–H groups in total. The van der Waals surface area contributed by atoms with Gasteiger partial charge >= 0.3 is 0 Å². The summed E-state index contributed by atoms with van der Waals surface area (Å²) in [4.78, 5) is 25.0. The molecule has 0 radical (unpaired) electrons. The van der Waals surface area contributed by atoms with E-state index in [2.05, 4.69) is 26.8 Å². The highest BCUT2D eigenvalue weighted by Crippen LogP contribution is 2.39. The Kier molecular flexibility index (Phi) is 3.47. The molecule has 0 bridgehead atoms. The number of ketones is 1. The van der Waals surface area contributed by atoms with E-state index >= 15 is 0 Å². The van der Waals surface area contributed by atoms with Crippen LogP contribution in [0.1, 0.15) is 34.9 Å². The third-order valence-corrected chi connectivity index (χ3v) is 4.75. The molecule has 1 aromatic heterocycles. The summed E-state index contributed by atoms with van der Waals surface area (Å²) >= 11 is 0. The second kappa shape index (κ2) is 5.48. The maximum Gasteiger partial charge on any atom is 0.176 e. The van der Waals surface area contributed by atoms with Crippen LogP contribution in [0.25, 0.3) is 11.0 Å². The molecule has 5 heteroatoms. The lowest BCUT2D eigenvalue weighted by molar-refractivity contribution is 0.0876. The van der Waals surface area contributed by atoms with Crippen molar-refractivity contribution < 1.29 is 4.79 Å². The number of hydrogen-bond donors (Lipinski definition) is 1. The number of fused-ring (bicyclic) bond motifs is 1. The fourth-order valence-electron chi connectivity index (χ4n) is 3.05. The first kappa shape index (κ1) is 13.9. The Morgan fingerprint density at radius 1 is 1.27 bits per heavy atom. The van der Waals surface area contributed by atoms with Crippen LogP contribution in [-0.4, -0.2) is 65.3 Å². The molecule has 4 rings (SSSR count). The fourth-order valence-corrected chi connectivity index (χ4v) is 3.05. The molecule has 2 aliphatic rings. The van der Waals surface area contributed by atoms with Gasteiger partial charge in [-0.25, -0.2) is 4.98 Å². The molecule has 2 aromatic rings. The molecule has 0 unspecified atom stereocenters. The first-order valence-corrected chi connectivity index (χ1v) is 8.13. The standard InChI is InChI=1S/C17H22N4O/c1-20-6-8-21(9-7-20)11-16(22)13-4-5-14-15(10-13)19-17(18-14)12-2-3-12/h4-5,10,12H,2-3,6-9,11H2,1H3,(H,18,19). The monoisotopic (exact) mass is 298 g/mol. The zero-order valence-electron chi connectivity index (χ0n) is 13.0. The van der Waals surface area contributed by atoms with E-state index in [4.69, 9.17) is 0 Å². The van der Waals surface area contributed by atoms with Crippen LogP contribution >= 0.6 is 0 Å². The number of likely N-dealkylation sites (N-methyl/N-ethyl adjacent to an activating group) is 1. The van der Waals surface area contributed by atoms with Crippen molar-refractivity contribution in [2.45, 2.75) is 18.8 Å².